The number of aromatic nitrogens is 1. The van der Waals surface area contributed by atoms with E-state index < -0.39 is 17.3 Å². The van der Waals surface area contributed by atoms with Crippen molar-refractivity contribution in [3.63, 3.8) is 0 Å². The van der Waals surface area contributed by atoms with Gasteiger partial charge in [0.1, 0.15) is 11.5 Å². The van der Waals surface area contributed by atoms with Crippen LogP contribution in [0.2, 0.25) is 0 Å². The SMILES string of the molecule is C[C@](N)(C(=O)O)c1ncccc1F. The summed E-state index contributed by atoms with van der Waals surface area (Å²) < 4.78 is 13.0. The highest BCUT2D eigenvalue weighted by molar-refractivity contribution is 5.79. The molecule has 1 heterocycles. The highest BCUT2D eigenvalue weighted by Gasteiger charge is 2.34. The number of hydrogen-bond donors (Lipinski definition) is 2. The van der Waals surface area contributed by atoms with Crippen molar-refractivity contribution in [1.82, 2.24) is 4.98 Å². The van der Waals surface area contributed by atoms with Crippen LogP contribution in [0.1, 0.15) is 12.6 Å². The van der Waals surface area contributed by atoms with Crippen molar-refractivity contribution < 1.29 is 14.3 Å². The van der Waals surface area contributed by atoms with Crippen molar-refractivity contribution in [2.75, 3.05) is 0 Å². The van der Waals surface area contributed by atoms with E-state index in [1.807, 2.05) is 0 Å². The van der Waals surface area contributed by atoms with Crippen LogP contribution in [-0.4, -0.2) is 16.1 Å². The van der Waals surface area contributed by atoms with Crippen molar-refractivity contribution in [3.8, 4) is 0 Å². The number of hydrogen-bond acceptors (Lipinski definition) is 3. The highest BCUT2D eigenvalue weighted by Crippen LogP contribution is 2.17. The zero-order valence-corrected chi connectivity index (χ0v) is 6.99. The molecule has 0 saturated carbocycles. The molecule has 70 valence electrons. The van der Waals surface area contributed by atoms with Gasteiger partial charge < -0.3 is 10.8 Å². The highest BCUT2D eigenvalue weighted by atomic mass is 19.1. The molecule has 1 aromatic heterocycles. The molecule has 1 rings (SSSR count). The lowest BCUT2D eigenvalue weighted by atomic mass is 9.98. The lowest BCUT2D eigenvalue weighted by Gasteiger charge is -2.18. The van der Waals surface area contributed by atoms with Gasteiger partial charge in [0.05, 0.1) is 0 Å². The molecule has 13 heavy (non-hydrogen) atoms. The monoisotopic (exact) mass is 184 g/mol. The van der Waals surface area contributed by atoms with E-state index in [9.17, 15) is 9.18 Å². The summed E-state index contributed by atoms with van der Waals surface area (Å²) in [7, 11) is 0. The third-order valence-electron chi connectivity index (χ3n) is 1.69. The van der Waals surface area contributed by atoms with E-state index in [2.05, 4.69) is 4.98 Å². The maximum Gasteiger partial charge on any atom is 0.329 e. The molecule has 0 amide bonds. The van der Waals surface area contributed by atoms with Crippen molar-refractivity contribution in [2.45, 2.75) is 12.5 Å². The third-order valence-corrected chi connectivity index (χ3v) is 1.69. The Bertz CT molecular complexity index is 339. The summed E-state index contributed by atoms with van der Waals surface area (Å²) in [5.74, 6) is -2.03. The Morgan fingerprint density at radius 2 is 2.38 bits per heavy atom. The summed E-state index contributed by atoms with van der Waals surface area (Å²) in [6.45, 7) is 1.20. The molecule has 0 aliphatic carbocycles. The topological polar surface area (TPSA) is 76.2 Å². The second-order valence-corrected chi connectivity index (χ2v) is 2.84. The number of nitrogens with zero attached hydrogens (tertiary/aromatic N) is 1. The predicted molar refractivity (Wildman–Crippen MR) is 43.4 cm³/mol. The first kappa shape index (κ1) is 9.60. The van der Waals surface area contributed by atoms with E-state index in [1.54, 1.807) is 0 Å². The Labute approximate surface area is 74.2 Å². The van der Waals surface area contributed by atoms with E-state index in [0.29, 0.717) is 0 Å². The van der Waals surface area contributed by atoms with Crippen molar-refractivity contribution in [3.05, 3.63) is 29.8 Å². The maximum atomic E-state index is 13.0. The van der Waals surface area contributed by atoms with Crippen LogP contribution in [0.4, 0.5) is 4.39 Å². The molecular formula is C8H9FN2O2. The Morgan fingerprint density at radius 3 is 2.85 bits per heavy atom. The van der Waals surface area contributed by atoms with Gasteiger partial charge in [-0.1, -0.05) is 0 Å². The van der Waals surface area contributed by atoms with Crippen LogP contribution in [-0.2, 0) is 10.3 Å². The fourth-order valence-corrected chi connectivity index (χ4v) is 0.869. The lowest BCUT2D eigenvalue weighted by Crippen LogP contribution is -2.43. The summed E-state index contributed by atoms with van der Waals surface area (Å²) in [5.41, 5.74) is 3.33. The number of nitrogens with two attached hydrogens (primary N) is 1. The molecular weight excluding hydrogens is 175 g/mol. The normalized spacial score (nSPS) is 15.0. The van der Waals surface area contributed by atoms with E-state index in [-0.39, 0.29) is 5.69 Å². The second-order valence-electron chi connectivity index (χ2n) is 2.84. The number of carboxylic acid groups (broad SMARTS) is 1. The summed E-state index contributed by atoms with van der Waals surface area (Å²) in [6, 6.07) is 2.49. The largest absolute Gasteiger partial charge is 0.480 e. The van der Waals surface area contributed by atoms with E-state index in [1.165, 1.54) is 19.2 Å². The maximum absolute atomic E-state index is 13.0. The number of rotatable bonds is 2. The number of halogens is 1. The Morgan fingerprint density at radius 1 is 1.77 bits per heavy atom. The van der Waals surface area contributed by atoms with Crippen LogP contribution in [0.25, 0.3) is 0 Å². The molecule has 3 N–H and O–H groups in total. The van der Waals surface area contributed by atoms with Crippen LogP contribution >= 0.6 is 0 Å². The summed E-state index contributed by atoms with van der Waals surface area (Å²) in [4.78, 5) is 14.2. The van der Waals surface area contributed by atoms with Gasteiger partial charge in [0.25, 0.3) is 0 Å². The van der Waals surface area contributed by atoms with E-state index in [4.69, 9.17) is 10.8 Å². The molecule has 1 atom stereocenters. The Kier molecular flexibility index (Phi) is 2.29. The lowest BCUT2D eigenvalue weighted by molar-refractivity contribution is -0.143. The average molecular weight is 184 g/mol. The Hall–Kier alpha value is -1.49. The molecule has 0 saturated heterocycles. The standard InChI is InChI=1S/C8H9FN2O2/c1-8(10,7(12)13)6-5(9)3-2-4-11-6/h2-4H,10H2,1H3,(H,12,13)/t8-/m1/s1. The van der Waals surface area contributed by atoms with E-state index in [0.717, 1.165) is 6.07 Å². The molecule has 4 nitrogen and oxygen atoms in total. The van der Waals surface area contributed by atoms with Crippen LogP contribution in [0.5, 0.6) is 0 Å². The van der Waals surface area contributed by atoms with E-state index >= 15 is 0 Å². The average Bonchev–Trinajstić information content (AvgIpc) is 2.04. The molecule has 0 unspecified atom stereocenters. The molecule has 0 spiro atoms. The minimum absolute atomic E-state index is 0.262. The van der Waals surface area contributed by atoms with Gasteiger partial charge in [0, 0.05) is 6.20 Å². The summed E-state index contributed by atoms with van der Waals surface area (Å²) in [6.07, 6.45) is 1.30. The van der Waals surface area contributed by atoms with Crippen LogP contribution in [0, 0.1) is 5.82 Å². The fraction of sp³-hybridized carbons (Fsp3) is 0.250. The predicted octanol–water partition coefficient (Wildman–Crippen LogP) is 0.479. The molecule has 0 aliphatic rings. The molecule has 1 aromatic rings. The number of aliphatic carboxylic acids is 1. The minimum Gasteiger partial charge on any atom is -0.480 e. The molecule has 0 fully saturated rings. The molecule has 0 bridgehead atoms. The van der Waals surface area contributed by atoms with Crippen LogP contribution in [0.15, 0.2) is 18.3 Å². The first-order valence-electron chi connectivity index (χ1n) is 3.59. The quantitative estimate of drug-likeness (QED) is 0.700. The van der Waals surface area contributed by atoms with Gasteiger partial charge in [-0.25, -0.2) is 9.18 Å². The van der Waals surface area contributed by atoms with Gasteiger partial charge in [0.15, 0.2) is 5.54 Å². The van der Waals surface area contributed by atoms with Gasteiger partial charge in [-0.15, -0.1) is 0 Å². The summed E-state index contributed by atoms with van der Waals surface area (Å²) >= 11 is 0. The minimum atomic E-state index is -1.79. The number of carbonyl (C=O) groups is 1. The first-order chi connectivity index (χ1) is 5.96. The van der Waals surface area contributed by atoms with Gasteiger partial charge in [-0.2, -0.15) is 0 Å². The number of pyridine rings is 1. The van der Waals surface area contributed by atoms with Gasteiger partial charge in [-0.05, 0) is 19.1 Å². The second kappa shape index (κ2) is 3.10. The van der Waals surface area contributed by atoms with Gasteiger partial charge >= 0.3 is 5.97 Å². The first-order valence-corrected chi connectivity index (χ1v) is 3.59. The van der Waals surface area contributed by atoms with Gasteiger partial charge in [0.2, 0.25) is 0 Å². The molecule has 0 aromatic carbocycles. The van der Waals surface area contributed by atoms with Crippen LogP contribution in [0.3, 0.4) is 0 Å². The Balaban J connectivity index is 3.22. The number of carboxylic acids is 1. The smallest absolute Gasteiger partial charge is 0.329 e. The summed E-state index contributed by atoms with van der Waals surface area (Å²) in [5, 5.41) is 8.69. The van der Waals surface area contributed by atoms with Crippen molar-refractivity contribution in [1.29, 1.82) is 0 Å². The van der Waals surface area contributed by atoms with Gasteiger partial charge in [-0.3, -0.25) is 4.98 Å². The zero-order valence-electron chi connectivity index (χ0n) is 6.99. The third kappa shape index (κ3) is 1.65. The zero-order chi connectivity index (χ0) is 10.1. The van der Waals surface area contributed by atoms with Crippen LogP contribution < -0.4 is 5.73 Å². The molecule has 5 heteroatoms. The fourth-order valence-electron chi connectivity index (χ4n) is 0.869. The van der Waals surface area contributed by atoms with Crippen molar-refractivity contribution in [2.24, 2.45) is 5.73 Å². The van der Waals surface area contributed by atoms with Crippen molar-refractivity contribution >= 4 is 5.97 Å². The molecule has 0 aliphatic heterocycles. The molecule has 0 radical (unpaired) electrons.